The molecule has 1 amide bonds. The number of hydrogen-bond acceptors (Lipinski definition) is 4. The van der Waals surface area contributed by atoms with Crippen LogP contribution in [0.15, 0.2) is 42.7 Å². The second-order valence-corrected chi connectivity index (χ2v) is 8.48. The number of amides is 1. The van der Waals surface area contributed by atoms with E-state index < -0.39 is 6.30 Å². The lowest BCUT2D eigenvalue weighted by Crippen LogP contribution is -2.26. The highest BCUT2D eigenvalue weighted by Crippen LogP contribution is 2.61. The molecule has 5 atom stereocenters. The number of alkyl halides is 3. The minimum absolute atomic E-state index is 0.0344. The van der Waals surface area contributed by atoms with Crippen molar-refractivity contribution in [1.29, 1.82) is 0 Å². The first kappa shape index (κ1) is 20.7. The Hall–Kier alpha value is -3.17. The van der Waals surface area contributed by atoms with Gasteiger partial charge in [0.05, 0.1) is 11.6 Å². The van der Waals surface area contributed by atoms with Gasteiger partial charge in [0.25, 0.3) is 0 Å². The molecule has 2 fully saturated rings. The molecule has 2 aliphatic rings. The van der Waals surface area contributed by atoms with E-state index >= 15 is 0 Å². The van der Waals surface area contributed by atoms with E-state index in [1.165, 1.54) is 12.1 Å². The lowest BCUT2D eigenvalue weighted by atomic mass is 9.97. The summed E-state index contributed by atoms with van der Waals surface area (Å²) in [6.45, 7) is 1.79. The Kier molecular flexibility index (Phi) is 4.83. The predicted molar refractivity (Wildman–Crippen MR) is 107 cm³/mol. The van der Waals surface area contributed by atoms with Crippen molar-refractivity contribution in [2.45, 2.75) is 32.2 Å². The molecular formula is C22H20F4N4O2. The van der Waals surface area contributed by atoms with Crippen LogP contribution in [-0.4, -0.2) is 26.8 Å². The van der Waals surface area contributed by atoms with Gasteiger partial charge in [-0.15, -0.1) is 18.3 Å². The van der Waals surface area contributed by atoms with Crippen molar-refractivity contribution in [3.05, 3.63) is 48.5 Å². The number of carbonyl (C=O) groups excluding carboxylic acids is 1. The Morgan fingerprint density at radius 1 is 1.22 bits per heavy atom. The zero-order valence-electron chi connectivity index (χ0n) is 17.0. The van der Waals surface area contributed by atoms with Crippen LogP contribution in [0.1, 0.15) is 19.8 Å². The van der Waals surface area contributed by atoms with E-state index in [2.05, 4.69) is 15.4 Å². The Morgan fingerprint density at radius 3 is 2.66 bits per heavy atom. The van der Waals surface area contributed by atoms with Crippen LogP contribution in [0.5, 0.6) is 5.75 Å². The van der Waals surface area contributed by atoms with Gasteiger partial charge in [-0.2, -0.15) is 4.68 Å². The highest BCUT2D eigenvalue weighted by Gasteiger charge is 2.59. The fraction of sp³-hybridized carbons (Fsp3) is 0.409. The average Bonchev–Trinajstić information content (AvgIpc) is 3.08. The van der Waals surface area contributed by atoms with E-state index in [4.69, 9.17) is 4.74 Å². The van der Waals surface area contributed by atoms with Gasteiger partial charge in [-0.25, -0.2) is 4.39 Å². The van der Waals surface area contributed by atoms with Gasteiger partial charge >= 0.3 is 6.30 Å². The number of hydrogen-bond donors (Lipinski definition) is 1. The molecule has 10 heteroatoms. The molecule has 0 bridgehead atoms. The molecular weight excluding hydrogens is 428 g/mol. The van der Waals surface area contributed by atoms with E-state index in [0.717, 1.165) is 25.1 Å². The van der Waals surface area contributed by atoms with Crippen LogP contribution >= 0.6 is 0 Å². The molecule has 1 aromatic carbocycles. The van der Waals surface area contributed by atoms with Crippen LogP contribution in [-0.2, 0) is 11.1 Å². The topological polar surface area (TPSA) is 69.0 Å². The summed E-state index contributed by atoms with van der Waals surface area (Å²) in [6, 6.07) is 7.21. The molecule has 32 heavy (non-hydrogen) atoms. The predicted octanol–water partition coefficient (Wildman–Crippen LogP) is 4.72. The minimum Gasteiger partial charge on any atom is -0.490 e. The van der Waals surface area contributed by atoms with Gasteiger partial charge in [0.2, 0.25) is 5.91 Å². The standard InChI is InChI=1S/C22H20F4N4O2/c1-11(21(31)28-19-5-7-30(29-19)22(24,25)26)20-14-9-13(10-15(14)20)32-18-4-6-27-17-3-2-12(23)8-16(17)18/h2-8,11,13-15,20H,9-10H2,1H3,(H,28,29,31)/t11?,13-,14-,15+,20-. The first-order valence-electron chi connectivity index (χ1n) is 10.4. The second kappa shape index (κ2) is 7.46. The van der Waals surface area contributed by atoms with Crippen LogP contribution in [0.2, 0.25) is 0 Å². The third kappa shape index (κ3) is 3.78. The van der Waals surface area contributed by atoms with Gasteiger partial charge in [0.15, 0.2) is 5.82 Å². The summed E-state index contributed by atoms with van der Waals surface area (Å²) in [4.78, 5) is 16.7. The van der Waals surface area contributed by atoms with Crippen molar-refractivity contribution in [1.82, 2.24) is 14.8 Å². The average molecular weight is 448 g/mol. The molecule has 0 spiro atoms. The number of halogens is 4. The maximum absolute atomic E-state index is 13.6. The van der Waals surface area contributed by atoms with Gasteiger partial charge in [-0.3, -0.25) is 9.78 Å². The fourth-order valence-electron chi connectivity index (χ4n) is 5.00. The van der Waals surface area contributed by atoms with Gasteiger partial charge in [-0.05, 0) is 54.9 Å². The molecule has 6 nitrogen and oxygen atoms in total. The number of fused-ring (bicyclic) bond motifs is 2. The SMILES string of the molecule is CC(C(=O)Nc1ccn(C(F)(F)F)n1)[C@@H]1[C@@H]2C[C@@H](Oc3ccnc4ccc(F)cc34)C[C@@H]21. The van der Waals surface area contributed by atoms with Crippen molar-refractivity contribution < 1.29 is 27.1 Å². The van der Waals surface area contributed by atoms with E-state index in [9.17, 15) is 22.4 Å². The van der Waals surface area contributed by atoms with Crippen molar-refractivity contribution in [3.8, 4) is 5.75 Å². The monoisotopic (exact) mass is 448 g/mol. The first-order chi connectivity index (χ1) is 15.2. The lowest BCUT2D eigenvalue weighted by Gasteiger charge is -2.20. The van der Waals surface area contributed by atoms with Crippen molar-refractivity contribution in [2.24, 2.45) is 23.7 Å². The summed E-state index contributed by atoms with van der Waals surface area (Å²) in [5.41, 5.74) is 0.656. The highest BCUT2D eigenvalue weighted by atomic mass is 19.4. The highest BCUT2D eigenvalue weighted by molar-refractivity contribution is 5.92. The van der Waals surface area contributed by atoms with Gasteiger partial charge < -0.3 is 10.1 Å². The number of nitrogens with one attached hydrogen (secondary N) is 1. The third-order valence-corrected chi connectivity index (χ3v) is 6.52. The van der Waals surface area contributed by atoms with Crippen LogP contribution in [0.25, 0.3) is 10.9 Å². The van der Waals surface area contributed by atoms with Crippen LogP contribution in [0.4, 0.5) is 23.4 Å². The Bertz CT molecular complexity index is 1170. The van der Waals surface area contributed by atoms with E-state index in [-0.39, 0.29) is 40.2 Å². The quantitative estimate of drug-likeness (QED) is 0.574. The molecule has 1 unspecified atom stereocenters. The zero-order chi connectivity index (χ0) is 22.6. The molecule has 2 saturated carbocycles. The number of ether oxygens (including phenoxy) is 1. The Balaban J connectivity index is 1.18. The number of nitrogens with zero attached hydrogens (tertiary/aromatic N) is 3. The van der Waals surface area contributed by atoms with E-state index in [1.54, 1.807) is 25.3 Å². The number of benzene rings is 1. The number of anilines is 1. The molecule has 2 aliphatic carbocycles. The lowest BCUT2D eigenvalue weighted by molar-refractivity contribution is -0.212. The van der Waals surface area contributed by atoms with Crippen LogP contribution in [0, 0.1) is 29.5 Å². The minimum atomic E-state index is -4.62. The van der Waals surface area contributed by atoms with Gasteiger partial charge in [0.1, 0.15) is 11.6 Å². The van der Waals surface area contributed by atoms with E-state index in [0.29, 0.717) is 28.5 Å². The molecule has 5 rings (SSSR count). The smallest absolute Gasteiger partial charge is 0.490 e. The van der Waals surface area contributed by atoms with Gasteiger partial charge in [-0.1, -0.05) is 6.92 Å². The Labute approximate surface area is 180 Å². The van der Waals surface area contributed by atoms with Crippen molar-refractivity contribution in [2.75, 3.05) is 5.32 Å². The molecule has 0 radical (unpaired) electrons. The van der Waals surface area contributed by atoms with Gasteiger partial charge in [0, 0.05) is 29.8 Å². The number of pyridine rings is 1. The largest absolute Gasteiger partial charge is 0.504 e. The summed E-state index contributed by atoms with van der Waals surface area (Å²) < 4.78 is 57.6. The summed E-state index contributed by atoms with van der Waals surface area (Å²) in [7, 11) is 0. The third-order valence-electron chi connectivity index (χ3n) is 6.52. The molecule has 3 aromatic rings. The molecule has 1 N–H and O–H groups in total. The molecule has 168 valence electrons. The summed E-state index contributed by atoms with van der Waals surface area (Å²) in [5, 5.41) is 6.45. The normalized spacial score (nSPS) is 25.4. The number of aromatic nitrogens is 3. The second-order valence-electron chi connectivity index (χ2n) is 8.48. The molecule has 2 aromatic heterocycles. The summed E-state index contributed by atoms with van der Waals surface area (Å²) in [6.07, 6.45) is -0.719. The summed E-state index contributed by atoms with van der Waals surface area (Å²) >= 11 is 0. The van der Waals surface area contributed by atoms with Crippen LogP contribution < -0.4 is 10.1 Å². The molecule has 0 aliphatic heterocycles. The first-order valence-corrected chi connectivity index (χ1v) is 10.4. The zero-order valence-corrected chi connectivity index (χ0v) is 17.0. The Morgan fingerprint density at radius 2 is 1.97 bits per heavy atom. The molecule has 0 saturated heterocycles. The van der Waals surface area contributed by atoms with Crippen molar-refractivity contribution in [3.63, 3.8) is 0 Å². The maximum atomic E-state index is 13.6. The summed E-state index contributed by atoms with van der Waals surface area (Å²) in [5.74, 6) is 0.210. The van der Waals surface area contributed by atoms with E-state index in [1.807, 2.05) is 0 Å². The molecule has 2 heterocycles. The maximum Gasteiger partial charge on any atom is 0.504 e. The fourth-order valence-corrected chi connectivity index (χ4v) is 5.00. The van der Waals surface area contributed by atoms with Crippen LogP contribution in [0.3, 0.4) is 0 Å². The number of rotatable bonds is 5. The number of carbonyl (C=O) groups is 1. The van der Waals surface area contributed by atoms with Crippen molar-refractivity contribution >= 4 is 22.6 Å².